The molecule has 0 atom stereocenters. The third-order valence-electron chi connectivity index (χ3n) is 3.57. The van der Waals surface area contributed by atoms with E-state index >= 15 is 0 Å². The summed E-state index contributed by atoms with van der Waals surface area (Å²) in [7, 11) is 0. The number of unbranched alkanes of at least 4 members (excludes halogenated alkanes) is 3. The van der Waals surface area contributed by atoms with Crippen LogP contribution in [0, 0.1) is 0 Å². The Hall–Kier alpha value is -0.220. The fourth-order valence-electron chi connectivity index (χ4n) is 2.34. The molecular formula is C13H24N2OS. The summed E-state index contributed by atoms with van der Waals surface area (Å²) in [6, 6.07) is 0. The maximum absolute atomic E-state index is 5.43. The van der Waals surface area contributed by atoms with Crippen molar-refractivity contribution in [2.45, 2.75) is 51.0 Å². The van der Waals surface area contributed by atoms with Gasteiger partial charge in [-0.1, -0.05) is 37.9 Å². The van der Waals surface area contributed by atoms with Gasteiger partial charge in [-0.3, -0.25) is 4.99 Å². The zero-order valence-electron chi connectivity index (χ0n) is 10.8. The molecule has 98 valence electrons. The van der Waals surface area contributed by atoms with Crippen LogP contribution in [0.15, 0.2) is 4.99 Å². The average Bonchev–Trinajstić information content (AvgIpc) is 2.73. The van der Waals surface area contributed by atoms with Crippen molar-refractivity contribution in [2.75, 3.05) is 25.5 Å². The number of hydrogen-bond donors (Lipinski definition) is 1. The first-order chi connectivity index (χ1) is 8.35. The summed E-state index contributed by atoms with van der Waals surface area (Å²) in [5.74, 6) is 1.17. The van der Waals surface area contributed by atoms with Gasteiger partial charge in [0.1, 0.15) is 0 Å². The third kappa shape index (κ3) is 3.88. The van der Waals surface area contributed by atoms with Gasteiger partial charge in [-0.05, 0) is 19.3 Å². The summed E-state index contributed by atoms with van der Waals surface area (Å²) in [5, 5.41) is 4.80. The molecule has 4 heteroatoms. The van der Waals surface area contributed by atoms with Gasteiger partial charge in [-0.15, -0.1) is 0 Å². The Bertz CT molecular complexity index is 262. The van der Waals surface area contributed by atoms with Crippen LogP contribution >= 0.6 is 11.8 Å². The van der Waals surface area contributed by atoms with Crippen LogP contribution in [0.25, 0.3) is 0 Å². The molecule has 1 spiro atoms. The molecule has 2 aliphatic rings. The molecule has 3 nitrogen and oxygen atoms in total. The van der Waals surface area contributed by atoms with Crippen molar-refractivity contribution >= 4 is 16.9 Å². The number of amidine groups is 1. The summed E-state index contributed by atoms with van der Waals surface area (Å²) in [4.78, 5) is 4.67. The van der Waals surface area contributed by atoms with Crippen LogP contribution in [0.3, 0.4) is 0 Å². The van der Waals surface area contributed by atoms with E-state index in [1.54, 1.807) is 0 Å². The SMILES string of the molecule is CCCCCCN=C1NC2(CCOCC2)CS1. The van der Waals surface area contributed by atoms with Crippen molar-refractivity contribution in [1.29, 1.82) is 0 Å². The fourth-order valence-corrected chi connectivity index (χ4v) is 3.59. The molecule has 0 bridgehead atoms. The van der Waals surface area contributed by atoms with Crippen LogP contribution in [0.4, 0.5) is 0 Å². The number of nitrogens with one attached hydrogen (secondary N) is 1. The van der Waals surface area contributed by atoms with Gasteiger partial charge in [0.25, 0.3) is 0 Å². The van der Waals surface area contributed by atoms with E-state index < -0.39 is 0 Å². The summed E-state index contributed by atoms with van der Waals surface area (Å²) in [6.07, 6.45) is 7.45. The van der Waals surface area contributed by atoms with Crippen molar-refractivity contribution in [2.24, 2.45) is 4.99 Å². The van der Waals surface area contributed by atoms with Gasteiger partial charge in [-0.25, -0.2) is 0 Å². The number of aliphatic imine (C=N–C) groups is 1. The molecular weight excluding hydrogens is 232 g/mol. The van der Waals surface area contributed by atoms with E-state index in [-0.39, 0.29) is 0 Å². The molecule has 2 rings (SSSR count). The molecule has 2 saturated heterocycles. The highest BCUT2D eigenvalue weighted by Gasteiger charge is 2.38. The van der Waals surface area contributed by atoms with E-state index in [9.17, 15) is 0 Å². The maximum Gasteiger partial charge on any atom is 0.157 e. The third-order valence-corrected chi connectivity index (χ3v) is 4.78. The quantitative estimate of drug-likeness (QED) is 0.768. The monoisotopic (exact) mass is 256 g/mol. The van der Waals surface area contributed by atoms with Crippen molar-refractivity contribution in [1.82, 2.24) is 5.32 Å². The molecule has 2 fully saturated rings. The van der Waals surface area contributed by atoms with E-state index in [1.807, 2.05) is 11.8 Å². The number of thioether (sulfide) groups is 1. The van der Waals surface area contributed by atoms with Crippen molar-refractivity contribution < 1.29 is 4.74 Å². The summed E-state index contributed by atoms with van der Waals surface area (Å²) in [5.41, 5.74) is 0.297. The summed E-state index contributed by atoms with van der Waals surface area (Å²) in [6.45, 7) is 5.03. The first-order valence-corrected chi connectivity index (χ1v) is 7.86. The van der Waals surface area contributed by atoms with Gasteiger partial charge < -0.3 is 10.1 Å². The van der Waals surface area contributed by atoms with Gasteiger partial charge in [0.15, 0.2) is 5.17 Å². The van der Waals surface area contributed by atoms with Crippen molar-refractivity contribution in [3.63, 3.8) is 0 Å². The second-order valence-corrected chi connectivity index (χ2v) is 6.02. The smallest absolute Gasteiger partial charge is 0.157 e. The Morgan fingerprint density at radius 1 is 1.29 bits per heavy atom. The van der Waals surface area contributed by atoms with Gasteiger partial charge in [0, 0.05) is 25.5 Å². The molecule has 0 amide bonds. The zero-order chi connectivity index (χ0) is 12.0. The largest absolute Gasteiger partial charge is 0.381 e. The molecule has 0 unspecified atom stereocenters. The molecule has 0 aromatic carbocycles. The minimum atomic E-state index is 0.297. The second-order valence-electron chi connectivity index (χ2n) is 5.05. The molecule has 1 N–H and O–H groups in total. The Morgan fingerprint density at radius 3 is 2.88 bits per heavy atom. The zero-order valence-corrected chi connectivity index (χ0v) is 11.7. The minimum absolute atomic E-state index is 0.297. The lowest BCUT2D eigenvalue weighted by Crippen LogP contribution is -2.48. The van der Waals surface area contributed by atoms with Crippen LogP contribution < -0.4 is 5.32 Å². The fraction of sp³-hybridized carbons (Fsp3) is 0.923. The van der Waals surface area contributed by atoms with E-state index in [1.165, 1.54) is 36.6 Å². The maximum atomic E-state index is 5.43. The van der Waals surface area contributed by atoms with E-state index in [0.29, 0.717) is 5.54 Å². The predicted octanol–water partition coefficient (Wildman–Crippen LogP) is 2.81. The van der Waals surface area contributed by atoms with Crippen LogP contribution in [-0.2, 0) is 4.74 Å². The Morgan fingerprint density at radius 2 is 2.12 bits per heavy atom. The summed E-state index contributed by atoms with van der Waals surface area (Å²) >= 11 is 1.89. The van der Waals surface area contributed by atoms with Crippen LogP contribution in [0.1, 0.15) is 45.4 Å². The van der Waals surface area contributed by atoms with Gasteiger partial charge in [0.2, 0.25) is 0 Å². The molecule has 17 heavy (non-hydrogen) atoms. The number of ether oxygens (including phenoxy) is 1. The van der Waals surface area contributed by atoms with Gasteiger partial charge >= 0.3 is 0 Å². The molecule has 2 heterocycles. The average molecular weight is 256 g/mol. The minimum Gasteiger partial charge on any atom is -0.381 e. The van der Waals surface area contributed by atoms with Crippen LogP contribution in [-0.4, -0.2) is 36.2 Å². The first-order valence-electron chi connectivity index (χ1n) is 6.88. The topological polar surface area (TPSA) is 33.6 Å². The number of hydrogen-bond acceptors (Lipinski definition) is 3. The molecule has 2 aliphatic heterocycles. The standard InChI is InChI=1S/C13H24N2OS/c1-2-3-4-5-8-14-12-15-13(11-17-12)6-9-16-10-7-13/h2-11H2,1H3,(H,14,15). The predicted molar refractivity (Wildman–Crippen MR) is 74.8 cm³/mol. The molecule has 0 aliphatic carbocycles. The highest BCUT2D eigenvalue weighted by atomic mass is 32.2. The Balaban J connectivity index is 1.71. The van der Waals surface area contributed by atoms with E-state index in [2.05, 4.69) is 17.2 Å². The van der Waals surface area contributed by atoms with Crippen molar-refractivity contribution in [3.8, 4) is 0 Å². The molecule has 0 radical (unpaired) electrons. The Labute approximate surface area is 109 Å². The number of nitrogens with zero attached hydrogens (tertiary/aromatic N) is 1. The lowest BCUT2D eigenvalue weighted by atomic mass is 9.93. The molecule has 0 aromatic heterocycles. The highest BCUT2D eigenvalue weighted by Crippen LogP contribution is 2.31. The number of rotatable bonds is 5. The van der Waals surface area contributed by atoms with E-state index in [4.69, 9.17) is 4.74 Å². The normalized spacial score (nSPS) is 25.4. The Kier molecular flexibility index (Phi) is 5.16. The second kappa shape index (κ2) is 6.64. The lowest BCUT2D eigenvalue weighted by molar-refractivity contribution is 0.0555. The highest BCUT2D eigenvalue weighted by molar-refractivity contribution is 8.14. The van der Waals surface area contributed by atoms with Crippen LogP contribution in [0.5, 0.6) is 0 Å². The first kappa shape index (κ1) is 13.2. The van der Waals surface area contributed by atoms with Crippen LogP contribution in [0.2, 0.25) is 0 Å². The van der Waals surface area contributed by atoms with Gasteiger partial charge in [0.05, 0.1) is 5.54 Å². The van der Waals surface area contributed by atoms with Crippen molar-refractivity contribution in [3.05, 3.63) is 0 Å². The summed E-state index contributed by atoms with van der Waals surface area (Å²) < 4.78 is 5.43. The van der Waals surface area contributed by atoms with Gasteiger partial charge in [-0.2, -0.15) is 0 Å². The molecule has 0 aromatic rings. The lowest BCUT2D eigenvalue weighted by Gasteiger charge is -2.32. The van der Waals surface area contributed by atoms with E-state index in [0.717, 1.165) is 32.6 Å². The molecule has 0 saturated carbocycles.